The SMILES string of the molecule is CC(C)(O)OC[C@H]1C[C@H](OS(C)(=O)=O)CO1. The van der Waals surface area contributed by atoms with Crippen LogP contribution in [0.5, 0.6) is 0 Å². The highest BCUT2D eigenvalue weighted by Crippen LogP contribution is 2.19. The summed E-state index contributed by atoms with van der Waals surface area (Å²) in [5.41, 5.74) is 0. The molecule has 0 aromatic rings. The molecule has 7 heteroatoms. The predicted molar refractivity (Wildman–Crippen MR) is 56.3 cm³/mol. The van der Waals surface area contributed by atoms with Gasteiger partial charge in [-0.05, 0) is 13.8 Å². The summed E-state index contributed by atoms with van der Waals surface area (Å²) in [7, 11) is -3.44. The minimum Gasteiger partial charge on any atom is -0.373 e. The summed E-state index contributed by atoms with van der Waals surface area (Å²) in [6.07, 6.45) is 0.764. The average molecular weight is 254 g/mol. The molecule has 6 nitrogen and oxygen atoms in total. The average Bonchev–Trinajstić information content (AvgIpc) is 2.44. The van der Waals surface area contributed by atoms with E-state index in [4.69, 9.17) is 13.7 Å². The van der Waals surface area contributed by atoms with Gasteiger partial charge in [-0.1, -0.05) is 0 Å². The van der Waals surface area contributed by atoms with Crippen LogP contribution in [-0.4, -0.2) is 51.0 Å². The molecule has 1 N–H and O–H groups in total. The van der Waals surface area contributed by atoms with Crippen molar-refractivity contribution in [2.75, 3.05) is 19.5 Å². The lowest BCUT2D eigenvalue weighted by molar-refractivity contribution is -0.190. The predicted octanol–water partition coefficient (Wildman–Crippen LogP) is -0.135. The third kappa shape index (κ3) is 5.76. The van der Waals surface area contributed by atoms with Gasteiger partial charge in [-0.3, -0.25) is 4.18 Å². The Morgan fingerprint density at radius 1 is 1.50 bits per heavy atom. The Morgan fingerprint density at radius 2 is 2.12 bits per heavy atom. The van der Waals surface area contributed by atoms with Gasteiger partial charge in [0.15, 0.2) is 5.79 Å². The van der Waals surface area contributed by atoms with Crippen molar-refractivity contribution in [3.63, 3.8) is 0 Å². The van der Waals surface area contributed by atoms with Crippen molar-refractivity contribution in [3.05, 3.63) is 0 Å². The highest BCUT2D eigenvalue weighted by molar-refractivity contribution is 7.86. The molecular formula is C9H18O6S. The first kappa shape index (κ1) is 13.9. The molecule has 1 saturated heterocycles. The summed E-state index contributed by atoms with van der Waals surface area (Å²) < 4.78 is 36.9. The molecular weight excluding hydrogens is 236 g/mol. The molecule has 0 aromatic carbocycles. The van der Waals surface area contributed by atoms with Crippen LogP contribution in [0.2, 0.25) is 0 Å². The van der Waals surface area contributed by atoms with Crippen LogP contribution in [0.4, 0.5) is 0 Å². The summed E-state index contributed by atoms with van der Waals surface area (Å²) in [5, 5.41) is 9.33. The van der Waals surface area contributed by atoms with Gasteiger partial charge < -0.3 is 14.6 Å². The lowest BCUT2D eigenvalue weighted by Gasteiger charge is -2.20. The van der Waals surface area contributed by atoms with Crippen LogP contribution in [0, 0.1) is 0 Å². The Morgan fingerprint density at radius 3 is 2.62 bits per heavy atom. The number of aliphatic hydroxyl groups is 1. The second-order valence-corrected chi connectivity index (χ2v) is 5.97. The van der Waals surface area contributed by atoms with Gasteiger partial charge in [0, 0.05) is 6.42 Å². The molecule has 16 heavy (non-hydrogen) atoms. The topological polar surface area (TPSA) is 82.1 Å². The van der Waals surface area contributed by atoms with Crippen LogP contribution in [-0.2, 0) is 23.8 Å². The molecule has 1 aliphatic heterocycles. The fourth-order valence-electron chi connectivity index (χ4n) is 1.40. The van der Waals surface area contributed by atoms with E-state index in [0.717, 1.165) is 6.26 Å². The minimum atomic E-state index is -3.44. The normalized spacial score (nSPS) is 27.2. The van der Waals surface area contributed by atoms with Crippen LogP contribution >= 0.6 is 0 Å². The fourth-order valence-corrected chi connectivity index (χ4v) is 2.03. The zero-order chi connectivity index (χ0) is 12.4. The molecule has 0 bridgehead atoms. The summed E-state index contributed by atoms with van der Waals surface area (Å²) in [5.74, 6) is -1.21. The van der Waals surface area contributed by atoms with Crippen LogP contribution in [0.15, 0.2) is 0 Å². The zero-order valence-electron chi connectivity index (χ0n) is 9.67. The van der Waals surface area contributed by atoms with E-state index in [1.54, 1.807) is 0 Å². The molecule has 0 saturated carbocycles. The molecule has 0 amide bonds. The standard InChI is InChI=1S/C9H18O6S/c1-9(2,10)14-6-7-4-8(5-13-7)15-16(3,11)12/h7-8,10H,4-6H2,1-3H3/t7-,8+/m1/s1. The highest BCUT2D eigenvalue weighted by Gasteiger charge is 2.30. The van der Waals surface area contributed by atoms with E-state index >= 15 is 0 Å². The maximum atomic E-state index is 10.9. The van der Waals surface area contributed by atoms with Crippen molar-refractivity contribution in [2.24, 2.45) is 0 Å². The monoisotopic (exact) mass is 254 g/mol. The quantitative estimate of drug-likeness (QED) is 0.543. The van der Waals surface area contributed by atoms with E-state index in [9.17, 15) is 13.5 Å². The molecule has 0 radical (unpaired) electrons. The first-order valence-electron chi connectivity index (χ1n) is 5.02. The molecule has 1 aliphatic rings. The molecule has 0 aromatic heterocycles. The fraction of sp³-hybridized carbons (Fsp3) is 1.00. The van der Waals surface area contributed by atoms with Crippen molar-refractivity contribution in [1.82, 2.24) is 0 Å². The Bertz CT molecular complexity index is 317. The van der Waals surface area contributed by atoms with Gasteiger partial charge in [-0.25, -0.2) is 0 Å². The maximum absolute atomic E-state index is 10.9. The van der Waals surface area contributed by atoms with Crippen molar-refractivity contribution in [3.8, 4) is 0 Å². The second-order valence-electron chi connectivity index (χ2n) is 4.37. The van der Waals surface area contributed by atoms with E-state index in [1.165, 1.54) is 13.8 Å². The Labute approximate surface area is 95.6 Å². The molecule has 1 fully saturated rings. The molecule has 1 rings (SSSR count). The molecule has 0 aliphatic carbocycles. The summed E-state index contributed by atoms with van der Waals surface area (Å²) >= 11 is 0. The van der Waals surface area contributed by atoms with E-state index in [1.807, 2.05) is 0 Å². The van der Waals surface area contributed by atoms with Gasteiger partial charge in [-0.2, -0.15) is 8.42 Å². The zero-order valence-corrected chi connectivity index (χ0v) is 10.5. The van der Waals surface area contributed by atoms with Crippen molar-refractivity contribution < 1.29 is 27.2 Å². The lowest BCUT2D eigenvalue weighted by atomic mass is 10.2. The van der Waals surface area contributed by atoms with Gasteiger partial charge in [0.2, 0.25) is 0 Å². The van der Waals surface area contributed by atoms with Crippen molar-refractivity contribution in [2.45, 2.75) is 38.3 Å². The van der Waals surface area contributed by atoms with Crippen molar-refractivity contribution >= 4 is 10.1 Å². The Balaban J connectivity index is 2.30. The van der Waals surface area contributed by atoms with Crippen LogP contribution < -0.4 is 0 Å². The van der Waals surface area contributed by atoms with E-state index in [0.29, 0.717) is 6.42 Å². The van der Waals surface area contributed by atoms with Gasteiger partial charge in [0.05, 0.1) is 25.6 Å². The van der Waals surface area contributed by atoms with E-state index in [-0.39, 0.29) is 19.3 Å². The summed E-state index contributed by atoms with van der Waals surface area (Å²) in [4.78, 5) is 0. The lowest BCUT2D eigenvalue weighted by Crippen LogP contribution is -2.28. The largest absolute Gasteiger partial charge is 0.373 e. The van der Waals surface area contributed by atoms with E-state index < -0.39 is 22.0 Å². The third-order valence-corrected chi connectivity index (χ3v) is 2.60. The number of rotatable bonds is 5. The number of hydrogen-bond acceptors (Lipinski definition) is 6. The number of hydrogen-bond donors (Lipinski definition) is 1. The number of ether oxygens (including phenoxy) is 2. The molecule has 1 heterocycles. The molecule has 2 atom stereocenters. The van der Waals surface area contributed by atoms with Gasteiger partial charge in [-0.15, -0.1) is 0 Å². The smallest absolute Gasteiger partial charge is 0.264 e. The second kappa shape index (κ2) is 4.97. The first-order valence-corrected chi connectivity index (χ1v) is 6.83. The molecule has 0 spiro atoms. The molecule has 0 unspecified atom stereocenters. The minimum absolute atomic E-state index is 0.215. The van der Waals surface area contributed by atoms with Crippen LogP contribution in [0.1, 0.15) is 20.3 Å². The van der Waals surface area contributed by atoms with Gasteiger partial charge in [0.1, 0.15) is 6.10 Å². The summed E-state index contributed by atoms with van der Waals surface area (Å²) in [6.45, 7) is 3.49. The Hall–Kier alpha value is -0.210. The van der Waals surface area contributed by atoms with E-state index in [2.05, 4.69) is 0 Å². The third-order valence-electron chi connectivity index (χ3n) is 1.98. The van der Waals surface area contributed by atoms with Crippen molar-refractivity contribution in [1.29, 1.82) is 0 Å². The highest BCUT2D eigenvalue weighted by atomic mass is 32.2. The maximum Gasteiger partial charge on any atom is 0.264 e. The van der Waals surface area contributed by atoms with Gasteiger partial charge in [0.25, 0.3) is 10.1 Å². The van der Waals surface area contributed by atoms with Gasteiger partial charge >= 0.3 is 0 Å². The van der Waals surface area contributed by atoms with Crippen LogP contribution in [0.3, 0.4) is 0 Å². The summed E-state index contributed by atoms with van der Waals surface area (Å²) in [6, 6.07) is 0. The molecule has 96 valence electrons. The Kier molecular flexibility index (Phi) is 4.30. The van der Waals surface area contributed by atoms with Crippen LogP contribution in [0.25, 0.3) is 0 Å². The first-order chi connectivity index (χ1) is 7.16.